The van der Waals surface area contributed by atoms with Crippen molar-refractivity contribution in [3.05, 3.63) is 59.7 Å². The van der Waals surface area contributed by atoms with Crippen LogP contribution in [0.3, 0.4) is 0 Å². The quantitative estimate of drug-likeness (QED) is 0.484. The smallest absolute Gasteiger partial charge is 0.338 e. The van der Waals surface area contributed by atoms with Crippen LogP contribution in [0.2, 0.25) is 0 Å². The Hall–Kier alpha value is -3.46. The summed E-state index contributed by atoms with van der Waals surface area (Å²) < 4.78 is 10.1. The van der Waals surface area contributed by atoms with Crippen LogP contribution in [0.25, 0.3) is 0 Å². The second-order valence-electron chi connectivity index (χ2n) is 7.22. The van der Waals surface area contributed by atoms with Crippen LogP contribution in [0.15, 0.2) is 48.5 Å². The molecule has 1 atom stereocenters. The van der Waals surface area contributed by atoms with Gasteiger partial charge in [-0.2, -0.15) is 0 Å². The first-order valence-corrected chi connectivity index (χ1v) is 10.5. The number of carbonyl (C=O) groups excluding carboxylic acids is 3. The predicted octanol–water partition coefficient (Wildman–Crippen LogP) is 2.83. The zero-order valence-corrected chi connectivity index (χ0v) is 19.0. The van der Waals surface area contributed by atoms with Gasteiger partial charge in [-0.3, -0.25) is 14.5 Å². The highest BCUT2D eigenvalue weighted by Crippen LogP contribution is 2.24. The van der Waals surface area contributed by atoms with Crippen molar-refractivity contribution >= 4 is 40.8 Å². The van der Waals surface area contributed by atoms with Crippen molar-refractivity contribution < 1.29 is 23.9 Å². The summed E-state index contributed by atoms with van der Waals surface area (Å²) in [6.07, 6.45) is -0.0565. The molecule has 0 radical (unpaired) electrons. The summed E-state index contributed by atoms with van der Waals surface area (Å²) in [6, 6.07) is 13.1. The van der Waals surface area contributed by atoms with Crippen LogP contribution in [0.5, 0.6) is 5.75 Å². The fourth-order valence-electron chi connectivity index (χ4n) is 3.37. The molecule has 2 aromatic rings. The van der Waals surface area contributed by atoms with Gasteiger partial charge in [0.25, 0.3) is 5.91 Å². The highest BCUT2D eigenvalue weighted by molar-refractivity contribution is 7.80. The van der Waals surface area contributed by atoms with Crippen molar-refractivity contribution in [3.8, 4) is 5.75 Å². The number of likely N-dealkylation sites (N-methyl/N-ethyl adjacent to an activating group) is 1. The predicted molar refractivity (Wildman–Crippen MR) is 123 cm³/mol. The molecule has 0 spiro atoms. The number of carbonyl (C=O) groups is 3. The van der Waals surface area contributed by atoms with E-state index in [1.807, 2.05) is 24.3 Å². The molecule has 9 heteroatoms. The van der Waals surface area contributed by atoms with Crippen LogP contribution in [0, 0.1) is 0 Å². The fraction of sp³-hybridized carbons (Fsp3) is 0.304. The van der Waals surface area contributed by atoms with E-state index in [1.165, 1.54) is 4.90 Å². The Bertz CT molecular complexity index is 1010. The van der Waals surface area contributed by atoms with Crippen LogP contribution in [0.1, 0.15) is 29.3 Å². The van der Waals surface area contributed by atoms with Crippen molar-refractivity contribution in [1.82, 2.24) is 9.80 Å². The Kier molecular flexibility index (Phi) is 7.42. The lowest BCUT2D eigenvalue weighted by Crippen LogP contribution is -2.37. The molecule has 1 N–H and O–H groups in total. The molecule has 168 valence electrons. The Morgan fingerprint density at radius 2 is 1.75 bits per heavy atom. The molecule has 0 saturated carbocycles. The van der Waals surface area contributed by atoms with E-state index in [0.717, 1.165) is 11.3 Å². The van der Waals surface area contributed by atoms with Crippen LogP contribution >= 0.6 is 12.2 Å². The molecule has 1 fully saturated rings. The molecule has 0 aromatic heterocycles. The molecule has 0 unspecified atom stereocenters. The number of methoxy groups -OCH3 is 1. The van der Waals surface area contributed by atoms with Crippen molar-refractivity contribution in [3.63, 3.8) is 0 Å². The van der Waals surface area contributed by atoms with Crippen molar-refractivity contribution in [2.75, 3.05) is 26.1 Å². The number of hydrogen-bond donors (Lipinski definition) is 1. The first-order chi connectivity index (χ1) is 15.3. The maximum atomic E-state index is 12.7. The molecule has 0 bridgehead atoms. The van der Waals surface area contributed by atoms with Gasteiger partial charge in [0, 0.05) is 19.3 Å². The number of esters is 1. The molecule has 3 rings (SSSR count). The minimum absolute atomic E-state index is 0.0565. The number of benzene rings is 2. The lowest BCUT2D eigenvalue weighted by atomic mass is 10.1. The van der Waals surface area contributed by atoms with Crippen LogP contribution in [-0.4, -0.2) is 59.5 Å². The number of nitrogens with zero attached hydrogens (tertiary/aromatic N) is 2. The largest absolute Gasteiger partial charge is 0.497 e. The molecule has 2 amide bonds. The van der Waals surface area contributed by atoms with Gasteiger partial charge in [0.05, 0.1) is 25.7 Å². The lowest BCUT2D eigenvalue weighted by molar-refractivity contribution is -0.130. The molecular weight excluding hydrogens is 430 g/mol. The van der Waals surface area contributed by atoms with Crippen molar-refractivity contribution in [2.24, 2.45) is 0 Å². The molecule has 0 aliphatic carbocycles. The zero-order chi connectivity index (χ0) is 23.3. The third-order valence-electron chi connectivity index (χ3n) is 5.10. The van der Waals surface area contributed by atoms with E-state index in [-0.39, 0.29) is 24.8 Å². The second kappa shape index (κ2) is 10.2. The highest BCUT2D eigenvalue weighted by Gasteiger charge is 2.41. The van der Waals surface area contributed by atoms with Gasteiger partial charge in [-0.05, 0) is 61.1 Å². The topological polar surface area (TPSA) is 88.2 Å². The Labute approximate surface area is 192 Å². The molecule has 2 aromatic carbocycles. The van der Waals surface area contributed by atoms with E-state index < -0.39 is 12.0 Å². The number of hydrogen-bond acceptors (Lipinski definition) is 6. The van der Waals surface area contributed by atoms with Gasteiger partial charge in [-0.25, -0.2) is 4.79 Å². The summed E-state index contributed by atoms with van der Waals surface area (Å²) in [5, 5.41) is 3.15. The Morgan fingerprint density at radius 1 is 1.09 bits per heavy atom. The van der Waals surface area contributed by atoms with E-state index in [9.17, 15) is 14.4 Å². The van der Waals surface area contributed by atoms with Crippen LogP contribution in [-0.2, 0) is 20.9 Å². The van der Waals surface area contributed by atoms with E-state index in [1.54, 1.807) is 50.2 Å². The molecule has 32 heavy (non-hydrogen) atoms. The van der Waals surface area contributed by atoms with Crippen LogP contribution < -0.4 is 10.1 Å². The lowest BCUT2D eigenvalue weighted by Gasteiger charge is -2.23. The van der Waals surface area contributed by atoms with Gasteiger partial charge in [-0.1, -0.05) is 12.1 Å². The van der Waals surface area contributed by atoms with E-state index in [2.05, 4.69) is 5.32 Å². The number of anilines is 1. The summed E-state index contributed by atoms with van der Waals surface area (Å²) in [6.45, 7) is 2.42. The average molecular weight is 456 g/mol. The van der Waals surface area contributed by atoms with E-state index in [4.69, 9.17) is 21.7 Å². The first kappa shape index (κ1) is 23.2. The molecule has 1 heterocycles. The van der Waals surface area contributed by atoms with Crippen LogP contribution in [0.4, 0.5) is 5.69 Å². The molecule has 8 nitrogen and oxygen atoms in total. The molecule has 1 aliphatic heterocycles. The maximum absolute atomic E-state index is 12.7. The Morgan fingerprint density at radius 3 is 2.34 bits per heavy atom. The average Bonchev–Trinajstić information content (AvgIpc) is 2.98. The standard InChI is InChI=1S/C23H25N3O5S/c1-4-31-22(29)16-7-9-17(10-8-16)24-20(27)13-19-21(28)25(2)23(32)26(19)14-15-5-11-18(30-3)12-6-15/h5-12,19H,4,13-14H2,1-3H3,(H,24,27)/t19-/m0/s1. The van der Waals surface area contributed by atoms with Gasteiger partial charge in [-0.15, -0.1) is 0 Å². The fourth-order valence-corrected chi connectivity index (χ4v) is 3.65. The zero-order valence-electron chi connectivity index (χ0n) is 18.2. The number of thiocarbonyl (C=S) groups is 1. The third-order valence-corrected chi connectivity index (χ3v) is 5.60. The van der Waals surface area contributed by atoms with E-state index in [0.29, 0.717) is 22.9 Å². The second-order valence-corrected chi connectivity index (χ2v) is 7.59. The number of amides is 2. The first-order valence-electron chi connectivity index (χ1n) is 10.1. The minimum atomic E-state index is -0.701. The SMILES string of the molecule is CCOC(=O)c1ccc(NC(=O)C[C@H]2C(=O)N(C)C(=S)N2Cc2ccc(OC)cc2)cc1. The maximum Gasteiger partial charge on any atom is 0.338 e. The molecule has 1 aliphatic rings. The summed E-state index contributed by atoms with van der Waals surface area (Å²) in [5.41, 5.74) is 1.86. The van der Waals surface area contributed by atoms with Gasteiger partial charge in [0.15, 0.2) is 5.11 Å². The highest BCUT2D eigenvalue weighted by atomic mass is 32.1. The van der Waals surface area contributed by atoms with Gasteiger partial charge < -0.3 is 19.7 Å². The summed E-state index contributed by atoms with van der Waals surface area (Å²) >= 11 is 5.44. The van der Waals surface area contributed by atoms with E-state index >= 15 is 0 Å². The summed E-state index contributed by atoms with van der Waals surface area (Å²) in [5.74, 6) is -0.245. The Balaban J connectivity index is 1.67. The number of rotatable bonds is 8. The normalized spacial score (nSPS) is 15.7. The van der Waals surface area contributed by atoms with Gasteiger partial charge in [0.2, 0.25) is 5.91 Å². The number of ether oxygens (including phenoxy) is 2. The third kappa shape index (κ3) is 5.23. The summed E-state index contributed by atoms with van der Waals surface area (Å²) in [7, 11) is 3.20. The van der Waals surface area contributed by atoms with Crippen molar-refractivity contribution in [2.45, 2.75) is 25.9 Å². The molecule has 1 saturated heterocycles. The summed E-state index contributed by atoms with van der Waals surface area (Å²) in [4.78, 5) is 40.3. The van der Waals surface area contributed by atoms with Crippen molar-refractivity contribution in [1.29, 1.82) is 0 Å². The molecular formula is C23H25N3O5S. The van der Waals surface area contributed by atoms with Gasteiger partial charge >= 0.3 is 5.97 Å². The monoisotopic (exact) mass is 455 g/mol. The number of nitrogens with one attached hydrogen (secondary N) is 1. The minimum Gasteiger partial charge on any atom is -0.497 e. The van der Waals surface area contributed by atoms with Gasteiger partial charge in [0.1, 0.15) is 11.8 Å².